The van der Waals surface area contributed by atoms with E-state index in [0.717, 1.165) is 23.4 Å². The molecule has 1 N–H and O–H groups in total. The number of nitrogens with one attached hydrogen (secondary N) is 1. The molecule has 0 spiro atoms. The van der Waals surface area contributed by atoms with Crippen molar-refractivity contribution in [1.82, 2.24) is 4.98 Å². The highest BCUT2D eigenvalue weighted by Gasteiger charge is 2.30. The number of oxazole rings is 1. The van der Waals surface area contributed by atoms with Crippen LogP contribution < -0.4 is 10.1 Å². The Balaban J connectivity index is 1.74. The van der Waals surface area contributed by atoms with Gasteiger partial charge in [-0.2, -0.15) is 13.2 Å². The number of hydrogen-bond donors (Lipinski definition) is 1. The van der Waals surface area contributed by atoms with E-state index in [-0.39, 0.29) is 0 Å². The minimum absolute atomic E-state index is 0.401. The SMILES string of the molecule is CNc1ccc(OC)c(-c2nc3cc(-c4ccc(C(F)(F)F)cc4)ccc3o2)c1. The van der Waals surface area contributed by atoms with Crippen molar-refractivity contribution in [2.24, 2.45) is 0 Å². The van der Waals surface area contributed by atoms with Crippen LogP contribution in [0.5, 0.6) is 5.75 Å². The number of hydrogen-bond acceptors (Lipinski definition) is 4. The minimum Gasteiger partial charge on any atom is -0.496 e. The van der Waals surface area contributed by atoms with E-state index in [0.29, 0.717) is 33.9 Å². The molecule has 4 nitrogen and oxygen atoms in total. The van der Waals surface area contributed by atoms with Crippen LogP contribution in [-0.2, 0) is 6.18 Å². The zero-order valence-electron chi connectivity index (χ0n) is 15.7. The Morgan fingerprint density at radius 3 is 2.31 bits per heavy atom. The Morgan fingerprint density at radius 1 is 0.931 bits per heavy atom. The summed E-state index contributed by atoms with van der Waals surface area (Å²) in [5, 5.41) is 3.06. The lowest BCUT2D eigenvalue weighted by Crippen LogP contribution is -2.03. The van der Waals surface area contributed by atoms with Gasteiger partial charge < -0.3 is 14.5 Å². The fourth-order valence-electron chi connectivity index (χ4n) is 3.10. The predicted octanol–water partition coefficient (Wildman–Crippen LogP) is 6.23. The van der Waals surface area contributed by atoms with Crippen LogP contribution in [-0.4, -0.2) is 19.1 Å². The standard InChI is InChI=1S/C22H17F3N2O2/c1-26-16-8-10-19(28-2)17(12-16)21-27-18-11-14(5-9-20(18)29-21)13-3-6-15(7-4-13)22(23,24)25/h3-12,26H,1-2H3. The van der Waals surface area contributed by atoms with E-state index in [1.54, 1.807) is 25.3 Å². The van der Waals surface area contributed by atoms with Crippen molar-refractivity contribution in [3.05, 3.63) is 66.2 Å². The van der Waals surface area contributed by atoms with Crippen molar-refractivity contribution in [1.29, 1.82) is 0 Å². The van der Waals surface area contributed by atoms with Gasteiger partial charge in [-0.25, -0.2) is 4.98 Å². The maximum absolute atomic E-state index is 12.8. The minimum atomic E-state index is -4.36. The molecule has 0 bridgehead atoms. The van der Waals surface area contributed by atoms with Gasteiger partial charge in [0.15, 0.2) is 5.58 Å². The fourth-order valence-corrected chi connectivity index (χ4v) is 3.10. The molecule has 0 aliphatic rings. The Kier molecular flexibility index (Phi) is 4.66. The van der Waals surface area contributed by atoms with Gasteiger partial charge in [-0.1, -0.05) is 18.2 Å². The van der Waals surface area contributed by atoms with E-state index >= 15 is 0 Å². The van der Waals surface area contributed by atoms with Gasteiger partial charge >= 0.3 is 6.18 Å². The number of aromatic nitrogens is 1. The maximum Gasteiger partial charge on any atom is 0.416 e. The molecular formula is C22H17F3N2O2. The third kappa shape index (κ3) is 3.63. The summed E-state index contributed by atoms with van der Waals surface area (Å²) < 4.78 is 49.6. The number of ether oxygens (including phenoxy) is 1. The highest BCUT2D eigenvalue weighted by molar-refractivity contribution is 5.83. The average molecular weight is 398 g/mol. The van der Waals surface area contributed by atoms with Crippen molar-refractivity contribution in [2.45, 2.75) is 6.18 Å². The first-order valence-corrected chi connectivity index (χ1v) is 8.83. The maximum atomic E-state index is 12.8. The lowest BCUT2D eigenvalue weighted by Gasteiger charge is -2.07. The van der Waals surface area contributed by atoms with Gasteiger partial charge in [0, 0.05) is 12.7 Å². The first-order chi connectivity index (χ1) is 13.9. The molecule has 4 aromatic rings. The molecule has 3 aromatic carbocycles. The smallest absolute Gasteiger partial charge is 0.416 e. The molecule has 0 amide bonds. The number of nitrogens with zero attached hydrogens (tertiary/aromatic N) is 1. The lowest BCUT2D eigenvalue weighted by molar-refractivity contribution is -0.137. The number of fused-ring (bicyclic) bond motifs is 1. The summed E-state index contributed by atoms with van der Waals surface area (Å²) in [6, 6.07) is 16.0. The summed E-state index contributed by atoms with van der Waals surface area (Å²) in [5.74, 6) is 1.03. The molecule has 0 saturated carbocycles. The molecule has 0 atom stereocenters. The van der Waals surface area contributed by atoms with Gasteiger partial charge in [-0.3, -0.25) is 0 Å². The summed E-state index contributed by atoms with van der Waals surface area (Å²) in [7, 11) is 3.39. The zero-order valence-corrected chi connectivity index (χ0v) is 15.7. The van der Waals surface area contributed by atoms with Gasteiger partial charge in [0.25, 0.3) is 0 Å². The molecule has 0 aliphatic heterocycles. The lowest BCUT2D eigenvalue weighted by atomic mass is 10.0. The Labute approximate surface area is 164 Å². The van der Waals surface area contributed by atoms with Crippen molar-refractivity contribution < 1.29 is 22.3 Å². The first kappa shape index (κ1) is 18.9. The number of halogens is 3. The molecule has 0 fully saturated rings. The molecule has 0 saturated heterocycles. The molecule has 0 radical (unpaired) electrons. The number of benzene rings is 3. The van der Waals surface area contributed by atoms with E-state index < -0.39 is 11.7 Å². The van der Waals surface area contributed by atoms with Crippen LogP contribution >= 0.6 is 0 Å². The number of methoxy groups -OCH3 is 1. The average Bonchev–Trinajstić information content (AvgIpc) is 3.16. The quantitative estimate of drug-likeness (QED) is 0.443. The third-order valence-corrected chi connectivity index (χ3v) is 4.65. The van der Waals surface area contributed by atoms with E-state index in [9.17, 15) is 13.2 Å². The molecule has 4 rings (SSSR count). The molecular weight excluding hydrogens is 381 g/mol. The van der Waals surface area contributed by atoms with Gasteiger partial charge in [0.05, 0.1) is 18.2 Å². The monoisotopic (exact) mass is 398 g/mol. The second-order valence-electron chi connectivity index (χ2n) is 6.44. The summed E-state index contributed by atoms with van der Waals surface area (Å²) in [5.41, 5.74) is 3.51. The van der Waals surface area contributed by atoms with Crippen LogP contribution in [0.1, 0.15) is 5.56 Å². The predicted molar refractivity (Wildman–Crippen MR) is 106 cm³/mol. The zero-order chi connectivity index (χ0) is 20.6. The van der Waals surface area contributed by atoms with Gasteiger partial charge in [0.2, 0.25) is 5.89 Å². The topological polar surface area (TPSA) is 47.3 Å². The number of alkyl halides is 3. The Hall–Kier alpha value is -3.48. The van der Waals surface area contributed by atoms with Crippen molar-refractivity contribution in [3.63, 3.8) is 0 Å². The van der Waals surface area contributed by atoms with E-state index in [4.69, 9.17) is 9.15 Å². The normalized spacial score (nSPS) is 11.6. The number of rotatable bonds is 4. The molecule has 7 heteroatoms. The molecule has 1 heterocycles. The van der Waals surface area contributed by atoms with Crippen LogP contribution in [0, 0.1) is 0 Å². The van der Waals surface area contributed by atoms with Crippen molar-refractivity contribution in [3.8, 4) is 28.3 Å². The van der Waals surface area contributed by atoms with Gasteiger partial charge in [-0.05, 0) is 53.6 Å². The van der Waals surface area contributed by atoms with Crippen LogP contribution in [0.4, 0.5) is 18.9 Å². The molecule has 1 aromatic heterocycles. The third-order valence-electron chi connectivity index (χ3n) is 4.65. The molecule has 148 valence electrons. The van der Waals surface area contributed by atoms with E-state index in [1.165, 1.54) is 12.1 Å². The van der Waals surface area contributed by atoms with Gasteiger partial charge in [-0.15, -0.1) is 0 Å². The highest BCUT2D eigenvalue weighted by atomic mass is 19.4. The fraction of sp³-hybridized carbons (Fsp3) is 0.136. The summed E-state index contributed by atoms with van der Waals surface area (Å²) in [6.07, 6.45) is -4.36. The Morgan fingerprint density at radius 2 is 1.66 bits per heavy atom. The van der Waals surface area contributed by atoms with Crippen LogP contribution in [0.15, 0.2) is 65.1 Å². The number of anilines is 1. The molecule has 29 heavy (non-hydrogen) atoms. The van der Waals surface area contributed by atoms with E-state index in [1.807, 2.05) is 25.2 Å². The Bertz CT molecular complexity index is 1170. The molecule has 0 aliphatic carbocycles. The van der Waals surface area contributed by atoms with Crippen LogP contribution in [0.3, 0.4) is 0 Å². The van der Waals surface area contributed by atoms with Crippen molar-refractivity contribution >= 4 is 16.8 Å². The summed E-state index contributed by atoms with van der Waals surface area (Å²) in [4.78, 5) is 4.56. The van der Waals surface area contributed by atoms with Crippen LogP contribution in [0.2, 0.25) is 0 Å². The van der Waals surface area contributed by atoms with E-state index in [2.05, 4.69) is 10.3 Å². The second-order valence-corrected chi connectivity index (χ2v) is 6.44. The first-order valence-electron chi connectivity index (χ1n) is 8.83. The van der Waals surface area contributed by atoms with Crippen LogP contribution in [0.25, 0.3) is 33.7 Å². The summed E-state index contributed by atoms with van der Waals surface area (Å²) >= 11 is 0. The molecule has 0 unspecified atom stereocenters. The second kappa shape index (κ2) is 7.16. The van der Waals surface area contributed by atoms with Gasteiger partial charge in [0.1, 0.15) is 11.3 Å². The van der Waals surface area contributed by atoms with Crippen molar-refractivity contribution in [2.75, 3.05) is 19.5 Å². The highest BCUT2D eigenvalue weighted by Crippen LogP contribution is 2.35. The largest absolute Gasteiger partial charge is 0.496 e. The summed E-state index contributed by atoms with van der Waals surface area (Å²) in [6.45, 7) is 0.